The fourth-order valence-corrected chi connectivity index (χ4v) is 3.64. The maximum absolute atomic E-state index is 11.0. The SMILES string of the molecule is CCCC(O)(c1ccccc1)c1scnc1Br. The highest BCUT2D eigenvalue weighted by Crippen LogP contribution is 2.39. The van der Waals surface area contributed by atoms with E-state index in [1.54, 1.807) is 5.51 Å². The summed E-state index contributed by atoms with van der Waals surface area (Å²) in [6, 6.07) is 9.77. The third-order valence-corrected chi connectivity index (χ3v) is 4.60. The van der Waals surface area contributed by atoms with Crippen molar-refractivity contribution in [2.75, 3.05) is 0 Å². The topological polar surface area (TPSA) is 33.1 Å². The Balaban J connectivity index is 2.50. The Labute approximate surface area is 113 Å². The van der Waals surface area contributed by atoms with Crippen LogP contribution in [-0.4, -0.2) is 10.1 Å². The van der Waals surface area contributed by atoms with E-state index in [1.165, 1.54) is 11.3 Å². The van der Waals surface area contributed by atoms with Crippen molar-refractivity contribution in [3.8, 4) is 0 Å². The largest absolute Gasteiger partial charge is 0.379 e. The van der Waals surface area contributed by atoms with Crippen LogP contribution in [0.15, 0.2) is 40.4 Å². The third kappa shape index (κ3) is 2.44. The number of aliphatic hydroxyl groups is 1. The van der Waals surface area contributed by atoms with Crippen molar-refractivity contribution in [3.63, 3.8) is 0 Å². The molecule has 0 fully saturated rings. The maximum atomic E-state index is 11.0. The van der Waals surface area contributed by atoms with Gasteiger partial charge in [0.25, 0.3) is 0 Å². The van der Waals surface area contributed by atoms with Crippen LogP contribution in [0.3, 0.4) is 0 Å². The quantitative estimate of drug-likeness (QED) is 0.927. The van der Waals surface area contributed by atoms with Gasteiger partial charge in [-0.15, -0.1) is 11.3 Å². The molecule has 0 radical (unpaired) electrons. The number of benzene rings is 1. The summed E-state index contributed by atoms with van der Waals surface area (Å²) in [5, 5.41) is 11.0. The lowest BCUT2D eigenvalue weighted by molar-refractivity contribution is 0.0730. The third-order valence-electron chi connectivity index (χ3n) is 2.76. The van der Waals surface area contributed by atoms with Crippen LogP contribution in [0.4, 0.5) is 0 Å². The van der Waals surface area contributed by atoms with Crippen molar-refractivity contribution >= 4 is 27.3 Å². The molecule has 1 N–H and O–H groups in total. The minimum atomic E-state index is -0.935. The molecular weight excluding hydrogens is 298 g/mol. The van der Waals surface area contributed by atoms with E-state index >= 15 is 0 Å². The summed E-state index contributed by atoms with van der Waals surface area (Å²) in [5.41, 5.74) is 1.74. The molecule has 1 aromatic carbocycles. The van der Waals surface area contributed by atoms with Crippen molar-refractivity contribution in [1.29, 1.82) is 0 Å². The Hall–Kier alpha value is -0.710. The van der Waals surface area contributed by atoms with E-state index in [1.807, 2.05) is 30.3 Å². The summed E-state index contributed by atoms with van der Waals surface area (Å²) in [7, 11) is 0. The second-order valence-corrected chi connectivity index (χ2v) is 5.55. The van der Waals surface area contributed by atoms with Crippen LogP contribution >= 0.6 is 27.3 Å². The molecule has 0 aliphatic rings. The summed E-state index contributed by atoms with van der Waals surface area (Å²) >= 11 is 4.89. The lowest BCUT2D eigenvalue weighted by Gasteiger charge is -2.27. The molecule has 0 aliphatic carbocycles. The van der Waals surface area contributed by atoms with Crippen molar-refractivity contribution in [2.45, 2.75) is 25.4 Å². The summed E-state index contributed by atoms with van der Waals surface area (Å²) in [6.07, 6.45) is 1.60. The molecule has 2 nitrogen and oxygen atoms in total. The van der Waals surface area contributed by atoms with E-state index < -0.39 is 5.60 Å². The normalized spacial score (nSPS) is 14.5. The van der Waals surface area contributed by atoms with Crippen molar-refractivity contribution in [2.24, 2.45) is 0 Å². The van der Waals surface area contributed by atoms with Crippen LogP contribution < -0.4 is 0 Å². The molecule has 2 rings (SSSR count). The zero-order chi connectivity index (χ0) is 12.3. The number of hydrogen-bond acceptors (Lipinski definition) is 3. The standard InChI is InChI=1S/C13H14BrNOS/c1-2-8-13(16,10-6-4-3-5-7-10)11-12(14)15-9-17-11/h3-7,9,16H,2,8H2,1H3. The van der Waals surface area contributed by atoms with Gasteiger partial charge in [-0.2, -0.15) is 0 Å². The molecule has 0 aliphatic heterocycles. The molecule has 2 aromatic rings. The maximum Gasteiger partial charge on any atom is 0.126 e. The Morgan fingerprint density at radius 1 is 1.35 bits per heavy atom. The highest BCUT2D eigenvalue weighted by atomic mass is 79.9. The second kappa shape index (κ2) is 5.29. The molecule has 0 spiro atoms. The fraction of sp³-hybridized carbons (Fsp3) is 0.308. The summed E-state index contributed by atoms with van der Waals surface area (Å²) in [4.78, 5) is 5.05. The van der Waals surface area contributed by atoms with Gasteiger partial charge in [0.15, 0.2) is 0 Å². The number of thiazole rings is 1. The smallest absolute Gasteiger partial charge is 0.126 e. The number of halogens is 1. The zero-order valence-electron chi connectivity index (χ0n) is 9.56. The molecule has 1 unspecified atom stereocenters. The van der Waals surface area contributed by atoms with E-state index in [9.17, 15) is 5.11 Å². The van der Waals surface area contributed by atoms with Crippen LogP contribution in [-0.2, 0) is 5.60 Å². The van der Waals surface area contributed by atoms with Crippen LogP contribution in [0.25, 0.3) is 0 Å². The van der Waals surface area contributed by atoms with Gasteiger partial charge >= 0.3 is 0 Å². The minimum absolute atomic E-state index is 0.692. The molecule has 0 saturated carbocycles. The lowest BCUT2D eigenvalue weighted by atomic mass is 9.88. The van der Waals surface area contributed by atoms with E-state index in [-0.39, 0.29) is 0 Å². The van der Waals surface area contributed by atoms with Crippen LogP contribution in [0.1, 0.15) is 30.2 Å². The first-order valence-corrected chi connectivity index (χ1v) is 7.23. The Morgan fingerprint density at radius 3 is 2.59 bits per heavy atom. The molecule has 1 heterocycles. The fourth-order valence-electron chi connectivity index (χ4n) is 1.97. The lowest BCUT2D eigenvalue weighted by Crippen LogP contribution is -2.26. The van der Waals surface area contributed by atoms with Gasteiger partial charge in [0, 0.05) is 0 Å². The predicted octanol–water partition coefficient (Wildman–Crippen LogP) is 3.94. The van der Waals surface area contributed by atoms with Gasteiger partial charge in [-0.05, 0) is 27.9 Å². The second-order valence-electron chi connectivity index (χ2n) is 3.95. The van der Waals surface area contributed by atoms with Crippen LogP contribution in [0.2, 0.25) is 0 Å². The Morgan fingerprint density at radius 2 is 2.06 bits per heavy atom. The van der Waals surface area contributed by atoms with Gasteiger partial charge in [0.05, 0.1) is 10.4 Å². The van der Waals surface area contributed by atoms with Gasteiger partial charge in [-0.1, -0.05) is 43.7 Å². The highest BCUT2D eigenvalue weighted by Gasteiger charge is 2.34. The van der Waals surface area contributed by atoms with Gasteiger partial charge in [0.2, 0.25) is 0 Å². The van der Waals surface area contributed by atoms with Crippen LogP contribution in [0, 0.1) is 0 Å². The highest BCUT2D eigenvalue weighted by molar-refractivity contribution is 9.10. The van der Waals surface area contributed by atoms with E-state index in [0.717, 1.165) is 21.5 Å². The van der Waals surface area contributed by atoms with Crippen molar-refractivity contribution in [1.82, 2.24) is 4.98 Å². The molecule has 90 valence electrons. The van der Waals surface area contributed by atoms with Gasteiger partial charge in [-0.3, -0.25) is 0 Å². The molecule has 0 saturated heterocycles. The van der Waals surface area contributed by atoms with Crippen LogP contribution in [0.5, 0.6) is 0 Å². The number of aromatic nitrogens is 1. The predicted molar refractivity (Wildman–Crippen MR) is 74.2 cm³/mol. The first kappa shape index (κ1) is 12.7. The molecule has 17 heavy (non-hydrogen) atoms. The van der Waals surface area contributed by atoms with Crippen molar-refractivity contribution < 1.29 is 5.11 Å². The molecule has 4 heteroatoms. The average molecular weight is 312 g/mol. The first-order valence-electron chi connectivity index (χ1n) is 5.56. The average Bonchev–Trinajstić information content (AvgIpc) is 2.77. The molecule has 0 bridgehead atoms. The van der Waals surface area contributed by atoms with Gasteiger partial charge < -0.3 is 5.11 Å². The Kier molecular flexibility index (Phi) is 3.97. The number of hydrogen-bond donors (Lipinski definition) is 1. The van der Waals surface area contributed by atoms with E-state index in [2.05, 4.69) is 27.8 Å². The van der Waals surface area contributed by atoms with E-state index in [0.29, 0.717) is 6.42 Å². The Bertz CT molecular complexity index is 485. The summed E-state index contributed by atoms with van der Waals surface area (Å²) < 4.78 is 0.738. The molecular formula is C13H14BrNOS. The monoisotopic (exact) mass is 311 g/mol. The summed E-state index contributed by atoms with van der Waals surface area (Å²) in [5.74, 6) is 0. The number of nitrogens with zero attached hydrogens (tertiary/aromatic N) is 1. The molecule has 1 atom stereocenters. The molecule has 0 amide bonds. The zero-order valence-corrected chi connectivity index (χ0v) is 12.0. The van der Waals surface area contributed by atoms with Gasteiger partial charge in [0.1, 0.15) is 10.2 Å². The number of rotatable bonds is 4. The van der Waals surface area contributed by atoms with Crippen molar-refractivity contribution in [3.05, 3.63) is 50.9 Å². The minimum Gasteiger partial charge on any atom is -0.379 e. The van der Waals surface area contributed by atoms with E-state index in [4.69, 9.17) is 0 Å². The first-order chi connectivity index (χ1) is 8.18. The van der Waals surface area contributed by atoms with Gasteiger partial charge in [-0.25, -0.2) is 4.98 Å². The molecule has 1 aromatic heterocycles. The summed E-state index contributed by atoms with van der Waals surface area (Å²) in [6.45, 7) is 2.07.